The van der Waals surface area contributed by atoms with Crippen molar-refractivity contribution in [2.75, 3.05) is 0 Å². The van der Waals surface area contributed by atoms with Gasteiger partial charge in [-0.1, -0.05) is 0 Å². The number of rotatable bonds is 2. The molecular formula is C12H11NO2S. The number of carbonyl (C=O) groups is 1. The number of hydrogen-bond acceptors (Lipinski definition) is 3. The van der Waals surface area contributed by atoms with Gasteiger partial charge in [0.05, 0.1) is 4.88 Å². The van der Waals surface area contributed by atoms with Gasteiger partial charge in [0.25, 0.3) is 0 Å². The van der Waals surface area contributed by atoms with Crippen molar-refractivity contribution in [2.45, 2.75) is 6.92 Å². The van der Waals surface area contributed by atoms with Gasteiger partial charge in [0.2, 0.25) is 5.56 Å². The summed E-state index contributed by atoms with van der Waals surface area (Å²) in [6.45, 7) is 1.55. The van der Waals surface area contributed by atoms with Crippen LogP contribution in [0.25, 0.3) is 10.4 Å². The molecule has 2 aromatic heterocycles. The minimum atomic E-state index is -0.0351. The second-order valence-electron chi connectivity index (χ2n) is 3.59. The molecule has 0 spiro atoms. The van der Waals surface area contributed by atoms with E-state index in [1.807, 2.05) is 12.1 Å². The zero-order chi connectivity index (χ0) is 11.7. The Morgan fingerprint density at radius 3 is 2.56 bits per heavy atom. The molecule has 0 amide bonds. The Bertz CT molecular complexity index is 595. The summed E-state index contributed by atoms with van der Waals surface area (Å²) in [5, 5.41) is 0. The lowest BCUT2D eigenvalue weighted by Gasteiger charge is -2.00. The Morgan fingerprint density at radius 1 is 1.25 bits per heavy atom. The van der Waals surface area contributed by atoms with Gasteiger partial charge >= 0.3 is 0 Å². The molecule has 0 atom stereocenters. The van der Waals surface area contributed by atoms with Gasteiger partial charge < -0.3 is 4.57 Å². The van der Waals surface area contributed by atoms with E-state index in [1.54, 1.807) is 26.2 Å². The summed E-state index contributed by atoms with van der Waals surface area (Å²) in [6, 6.07) is 7.02. The number of hydrogen-bond donors (Lipinski definition) is 0. The third-order valence-corrected chi connectivity index (χ3v) is 3.56. The van der Waals surface area contributed by atoms with Crippen LogP contribution in [0.1, 0.15) is 16.6 Å². The minimum Gasteiger partial charge on any atom is -0.318 e. The van der Waals surface area contributed by atoms with Crippen LogP contribution in [0.15, 0.2) is 35.3 Å². The van der Waals surface area contributed by atoms with E-state index in [-0.39, 0.29) is 11.3 Å². The van der Waals surface area contributed by atoms with Crippen LogP contribution >= 0.6 is 11.3 Å². The second kappa shape index (κ2) is 4.06. The second-order valence-corrected chi connectivity index (χ2v) is 4.67. The zero-order valence-electron chi connectivity index (χ0n) is 9.06. The average Bonchev–Trinajstić information content (AvgIpc) is 2.71. The van der Waals surface area contributed by atoms with Crippen molar-refractivity contribution in [1.29, 1.82) is 0 Å². The highest BCUT2D eigenvalue weighted by Gasteiger charge is 2.06. The number of pyridine rings is 1. The molecule has 0 unspecified atom stereocenters. The first kappa shape index (κ1) is 10.8. The van der Waals surface area contributed by atoms with Crippen molar-refractivity contribution in [2.24, 2.45) is 7.05 Å². The van der Waals surface area contributed by atoms with Crippen LogP contribution in [0.4, 0.5) is 0 Å². The lowest BCUT2D eigenvalue weighted by atomic mass is 10.2. The molecule has 0 aliphatic heterocycles. The van der Waals surface area contributed by atoms with Crippen LogP contribution in [-0.2, 0) is 7.05 Å². The molecule has 82 valence electrons. The summed E-state index contributed by atoms with van der Waals surface area (Å²) < 4.78 is 1.53. The van der Waals surface area contributed by atoms with E-state index in [4.69, 9.17) is 0 Å². The summed E-state index contributed by atoms with van der Waals surface area (Å²) in [6.07, 6.45) is 1.78. The van der Waals surface area contributed by atoms with Crippen LogP contribution in [0, 0.1) is 0 Å². The summed E-state index contributed by atoms with van der Waals surface area (Å²) in [5.74, 6) is 0.0704. The van der Waals surface area contributed by atoms with Crippen LogP contribution in [0.5, 0.6) is 0 Å². The van der Waals surface area contributed by atoms with Gasteiger partial charge in [0, 0.05) is 29.8 Å². The number of carbonyl (C=O) groups excluding carboxylic acids is 1. The highest BCUT2D eigenvalue weighted by atomic mass is 32.1. The van der Waals surface area contributed by atoms with Crippen molar-refractivity contribution in [1.82, 2.24) is 4.57 Å². The quantitative estimate of drug-likeness (QED) is 0.747. The normalized spacial score (nSPS) is 10.4. The molecule has 0 bridgehead atoms. The summed E-state index contributed by atoms with van der Waals surface area (Å²) in [5.41, 5.74) is 0.923. The molecule has 0 radical (unpaired) electrons. The average molecular weight is 233 g/mol. The number of nitrogens with zero attached hydrogens (tertiary/aromatic N) is 1. The van der Waals surface area contributed by atoms with E-state index in [2.05, 4.69) is 0 Å². The zero-order valence-corrected chi connectivity index (χ0v) is 9.88. The molecule has 0 aliphatic rings. The van der Waals surface area contributed by atoms with Crippen LogP contribution in [-0.4, -0.2) is 10.4 Å². The van der Waals surface area contributed by atoms with Crippen molar-refractivity contribution in [3.8, 4) is 10.4 Å². The highest BCUT2D eigenvalue weighted by molar-refractivity contribution is 7.17. The fourth-order valence-electron chi connectivity index (χ4n) is 1.42. The molecule has 16 heavy (non-hydrogen) atoms. The number of aryl methyl sites for hydroxylation is 1. The molecule has 2 rings (SSSR count). The van der Waals surface area contributed by atoms with Crippen LogP contribution in [0.3, 0.4) is 0 Å². The van der Waals surface area contributed by atoms with E-state index in [0.29, 0.717) is 0 Å². The van der Waals surface area contributed by atoms with Crippen LogP contribution < -0.4 is 5.56 Å². The Labute approximate surface area is 97.0 Å². The molecule has 3 nitrogen and oxygen atoms in total. The maximum Gasteiger partial charge on any atom is 0.250 e. The number of ketones is 1. The van der Waals surface area contributed by atoms with Crippen molar-refractivity contribution >= 4 is 17.1 Å². The predicted octanol–water partition coefficient (Wildman–Crippen LogP) is 2.32. The van der Waals surface area contributed by atoms with Gasteiger partial charge in [-0.25, -0.2) is 0 Å². The number of Topliss-reactive ketones (excluding diaryl/α,β-unsaturated/α-hetero) is 1. The Balaban J connectivity index is 2.46. The summed E-state index contributed by atoms with van der Waals surface area (Å²) >= 11 is 1.44. The highest BCUT2D eigenvalue weighted by Crippen LogP contribution is 2.27. The summed E-state index contributed by atoms with van der Waals surface area (Å²) in [4.78, 5) is 24.1. The standard InChI is InChI=1S/C12H11NO2S/c1-8(14)10-4-5-11(16-10)9-3-6-12(15)13(2)7-9/h3-7H,1-2H3. The third kappa shape index (κ3) is 1.97. The fraction of sp³-hybridized carbons (Fsp3) is 0.167. The molecule has 2 aromatic rings. The van der Waals surface area contributed by atoms with Crippen molar-refractivity contribution < 1.29 is 4.79 Å². The Morgan fingerprint density at radius 2 is 2.00 bits per heavy atom. The van der Waals surface area contributed by atoms with E-state index in [0.717, 1.165) is 15.3 Å². The van der Waals surface area contributed by atoms with Crippen molar-refractivity contribution in [3.63, 3.8) is 0 Å². The third-order valence-electron chi connectivity index (χ3n) is 2.32. The van der Waals surface area contributed by atoms with E-state index in [1.165, 1.54) is 22.0 Å². The fourth-order valence-corrected chi connectivity index (χ4v) is 2.31. The molecule has 0 fully saturated rings. The lowest BCUT2D eigenvalue weighted by molar-refractivity contribution is 0.102. The SMILES string of the molecule is CC(=O)c1ccc(-c2ccc(=O)n(C)c2)s1. The Hall–Kier alpha value is -1.68. The molecular weight excluding hydrogens is 222 g/mol. The molecule has 0 N–H and O–H groups in total. The molecule has 0 saturated carbocycles. The molecule has 4 heteroatoms. The van der Waals surface area contributed by atoms with E-state index < -0.39 is 0 Å². The van der Waals surface area contributed by atoms with E-state index in [9.17, 15) is 9.59 Å². The first-order valence-electron chi connectivity index (χ1n) is 4.86. The van der Waals surface area contributed by atoms with Gasteiger partial charge in [-0.3, -0.25) is 9.59 Å². The first-order valence-corrected chi connectivity index (χ1v) is 5.67. The number of aromatic nitrogens is 1. The van der Waals surface area contributed by atoms with Gasteiger partial charge in [-0.15, -0.1) is 11.3 Å². The predicted molar refractivity (Wildman–Crippen MR) is 65.0 cm³/mol. The maximum atomic E-state index is 11.2. The minimum absolute atomic E-state index is 0.0351. The monoisotopic (exact) mass is 233 g/mol. The topological polar surface area (TPSA) is 39.1 Å². The van der Waals surface area contributed by atoms with Crippen molar-refractivity contribution in [3.05, 3.63) is 45.7 Å². The van der Waals surface area contributed by atoms with Gasteiger partial charge in [0.1, 0.15) is 0 Å². The Kier molecular flexibility index (Phi) is 2.75. The summed E-state index contributed by atoms with van der Waals surface area (Å²) in [7, 11) is 1.71. The maximum absolute atomic E-state index is 11.2. The lowest BCUT2D eigenvalue weighted by Crippen LogP contribution is -2.13. The largest absolute Gasteiger partial charge is 0.318 e. The smallest absolute Gasteiger partial charge is 0.250 e. The van der Waals surface area contributed by atoms with Gasteiger partial charge in [-0.05, 0) is 25.1 Å². The van der Waals surface area contributed by atoms with Crippen LogP contribution in [0.2, 0.25) is 0 Å². The molecule has 0 aromatic carbocycles. The van der Waals surface area contributed by atoms with E-state index >= 15 is 0 Å². The van der Waals surface area contributed by atoms with Gasteiger partial charge in [0.15, 0.2) is 5.78 Å². The molecule has 0 aliphatic carbocycles. The molecule has 2 heterocycles. The number of thiophene rings is 1. The molecule has 0 saturated heterocycles. The van der Waals surface area contributed by atoms with Gasteiger partial charge in [-0.2, -0.15) is 0 Å². The first-order chi connectivity index (χ1) is 7.58.